The molecule has 0 aliphatic rings. The Labute approximate surface area is 145 Å². The van der Waals surface area contributed by atoms with E-state index >= 15 is 0 Å². The number of benzene rings is 2. The fraction of sp³-hybridized carbons (Fsp3) is 0.333. The molecule has 0 unspecified atom stereocenters. The number of methoxy groups -OCH3 is 3. The highest BCUT2D eigenvalue weighted by Gasteiger charge is 2.13. The Morgan fingerprint density at radius 1 is 0.913 bits per heavy atom. The maximum Gasteiger partial charge on any atom is 0.164 e. The van der Waals surface area contributed by atoms with Crippen LogP contribution >= 0.6 is 15.9 Å². The predicted octanol–water partition coefficient (Wildman–Crippen LogP) is 4.33. The highest BCUT2D eigenvalue weighted by molar-refractivity contribution is 9.10. The molecule has 0 aliphatic heterocycles. The van der Waals surface area contributed by atoms with Crippen molar-refractivity contribution in [2.24, 2.45) is 0 Å². The van der Waals surface area contributed by atoms with E-state index in [-0.39, 0.29) is 6.04 Å². The van der Waals surface area contributed by atoms with Gasteiger partial charge in [-0.25, -0.2) is 0 Å². The second kappa shape index (κ2) is 8.22. The number of ether oxygens (including phenoxy) is 3. The largest absolute Gasteiger partial charge is 0.496 e. The lowest BCUT2D eigenvalue weighted by Gasteiger charge is -2.18. The topological polar surface area (TPSA) is 39.7 Å². The van der Waals surface area contributed by atoms with Crippen LogP contribution in [0.4, 0.5) is 0 Å². The van der Waals surface area contributed by atoms with E-state index in [0.717, 1.165) is 15.8 Å². The first-order valence-electron chi connectivity index (χ1n) is 7.36. The van der Waals surface area contributed by atoms with E-state index < -0.39 is 0 Å². The Kier molecular flexibility index (Phi) is 6.30. The van der Waals surface area contributed by atoms with Crippen LogP contribution in [0.5, 0.6) is 17.2 Å². The molecule has 23 heavy (non-hydrogen) atoms. The Hall–Kier alpha value is -1.72. The van der Waals surface area contributed by atoms with Crippen LogP contribution in [0, 0.1) is 0 Å². The first-order chi connectivity index (χ1) is 11.1. The Morgan fingerprint density at radius 2 is 1.48 bits per heavy atom. The molecule has 0 saturated heterocycles. The lowest BCUT2D eigenvalue weighted by Crippen LogP contribution is -2.18. The van der Waals surface area contributed by atoms with Gasteiger partial charge in [-0.15, -0.1) is 0 Å². The second-order valence-electron chi connectivity index (χ2n) is 5.17. The summed E-state index contributed by atoms with van der Waals surface area (Å²) >= 11 is 3.46. The molecule has 0 aromatic heterocycles. The summed E-state index contributed by atoms with van der Waals surface area (Å²) in [4.78, 5) is 0. The first-order valence-corrected chi connectivity index (χ1v) is 8.16. The molecule has 0 saturated carbocycles. The lowest BCUT2D eigenvalue weighted by molar-refractivity contribution is 0.346. The molecule has 2 aromatic rings. The van der Waals surface area contributed by atoms with Crippen LogP contribution in [0.2, 0.25) is 0 Å². The van der Waals surface area contributed by atoms with Crippen LogP contribution in [0.1, 0.15) is 24.1 Å². The summed E-state index contributed by atoms with van der Waals surface area (Å²) in [5, 5.41) is 3.51. The highest BCUT2D eigenvalue weighted by atomic mass is 79.9. The van der Waals surface area contributed by atoms with E-state index in [1.165, 1.54) is 5.56 Å². The molecule has 4 nitrogen and oxygen atoms in total. The van der Waals surface area contributed by atoms with Crippen molar-refractivity contribution in [2.45, 2.75) is 19.5 Å². The average Bonchev–Trinajstić information content (AvgIpc) is 2.59. The van der Waals surface area contributed by atoms with Gasteiger partial charge in [0, 0.05) is 28.7 Å². The van der Waals surface area contributed by atoms with Gasteiger partial charge in [-0.2, -0.15) is 0 Å². The van der Waals surface area contributed by atoms with Crippen LogP contribution < -0.4 is 19.5 Å². The summed E-state index contributed by atoms with van der Waals surface area (Å²) < 4.78 is 17.2. The molecule has 2 aromatic carbocycles. The van der Waals surface area contributed by atoms with Crippen molar-refractivity contribution in [3.8, 4) is 17.2 Å². The van der Waals surface area contributed by atoms with Crippen molar-refractivity contribution in [1.82, 2.24) is 5.32 Å². The third-order valence-corrected chi connectivity index (χ3v) is 4.28. The van der Waals surface area contributed by atoms with Gasteiger partial charge in [0.1, 0.15) is 5.75 Å². The van der Waals surface area contributed by atoms with Gasteiger partial charge in [0.2, 0.25) is 0 Å². The number of nitrogens with one attached hydrogen (secondary N) is 1. The van der Waals surface area contributed by atoms with Gasteiger partial charge in [-0.3, -0.25) is 0 Å². The quantitative estimate of drug-likeness (QED) is 0.777. The zero-order chi connectivity index (χ0) is 16.8. The van der Waals surface area contributed by atoms with Crippen LogP contribution in [0.3, 0.4) is 0 Å². The van der Waals surface area contributed by atoms with Crippen molar-refractivity contribution in [2.75, 3.05) is 21.3 Å². The number of rotatable bonds is 7. The van der Waals surface area contributed by atoms with Crippen LogP contribution in [-0.2, 0) is 6.54 Å². The maximum absolute atomic E-state index is 5.46. The summed E-state index contributed by atoms with van der Waals surface area (Å²) in [6.45, 7) is 2.80. The monoisotopic (exact) mass is 379 g/mol. The van der Waals surface area contributed by atoms with Crippen LogP contribution in [-0.4, -0.2) is 21.3 Å². The van der Waals surface area contributed by atoms with Gasteiger partial charge in [-0.1, -0.05) is 28.1 Å². The molecule has 1 N–H and O–H groups in total. The standard InChI is InChI=1S/C18H22BrNO3/c1-12(13-5-7-15(19)8-6-13)20-11-14-9-17(22-3)18(23-4)10-16(14)21-2/h5-10,12,20H,11H2,1-4H3/t12-/m0/s1. The van der Waals surface area contributed by atoms with Gasteiger partial charge < -0.3 is 19.5 Å². The fourth-order valence-corrected chi connectivity index (χ4v) is 2.63. The van der Waals surface area contributed by atoms with Crippen LogP contribution in [0.15, 0.2) is 40.9 Å². The van der Waals surface area contributed by atoms with E-state index in [2.05, 4.69) is 40.3 Å². The van der Waals surface area contributed by atoms with E-state index in [9.17, 15) is 0 Å². The average molecular weight is 380 g/mol. The zero-order valence-electron chi connectivity index (χ0n) is 13.9. The summed E-state index contributed by atoms with van der Waals surface area (Å²) in [7, 11) is 4.90. The van der Waals surface area contributed by atoms with Crippen LogP contribution in [0.25, 0.3) is 0 Å². The van der Waals surface area contributed by atoms with Gasteiger partial charge in [-0.05, 0) is 30.7 Å². The SMILES string of the molecule is COc1cc(OC)c(OC)cc1CN[C@@H](C)c1ccc(Br)cc1. The minimum atomic E-state index is 0.223. The molecular formula is C18H22BrNO3. The molecule has 0 fully saturated rings. The molecular weight excluding hydrogens is 358 g/mol. The summed E-state index contributed by atoms with van der Waals surface area (Å²) in [6.07, 6.45) is 0. The van der Waals surface area contributed by atoms with Crippen molar-refractivity contribution in [3.63, 3.8) is 0 Å². The molecule has 1 atom stereocenters. The second-order valence-corrected chi connectivity index (χ2v) is 6.09. The molecule has 0 bridgehead atoms. The minimum absolute atomic E-state index is 0.223. The van der Waals surface area contributed by atoms with Gasteiger partial charge in [0.05, 0.1) is 21.3 Å². The molecule has 0 amide bonds. The Bertz CT molecular complexity index is 643. The zero-order valence-corrected chi connectivity index (χ0v) is 15.4. The fourth-order valence-electron chi connectivity index (χ4n) is 2.36. The third-order valence-electron chi connectivity index (χ3n) is 3.76. The summed E-state index contributed by atoms with van der Waals surface area (Å²) in [5.41, 5.74) is 2.25. The lowest BCUT2D eigenvalue weighted by atomic mass is 10.1. The third kappa shape index (κ3) is 4.39. The minimum Gasteiger partial charge on any atom is -0.496 e. The number of hydrogen-bond donors (Lipinski definition) is 1. The van der Waals surface area contributed by atoms with Crippen molar-refractivity contribution in [3.05, 3.63) is 52.0 Å². The first kappa shape index (κ1) is 17.6. The van der Waals surface area contributed by atoms with Crippen molar-refractivity contribution in [1.29, 1.82) is 0 Å². The predicted molar refractivity (Wildman–Crippen MR) is 95.5 cm³/mol. The van der Waals surface area contributed by atoms with E-state index in [4.69, 9.17) is 14.2 Å². The van der Waals surface area contributed by atoms with Gasteiger partial charge in [0.15, 0.2) is 11.5 Å². The van der Waals surface area contributed by atoms with E-state index in [0.29, 0.717) is 18.0 Å². The summed E-state index contributed by atoms with van der Waals surface area (Å²) in [6, 6.07) is 12.3. The molecule has 0 heterocycles. The van der Waals surface area contributed by atoms with Crippen molar-refractivity contribution >= 4 is 15.9 Å². The molecule has 0 radical (unpaired) electrons. The maximum atomic E-state index is 5.46. The van der Waals surface area contributed by atoms with Gasteiger partial charge >= 0.3 is 0 Å². The molecule has 124 valence electrons. The summed E-state index contributed by atoms with van der Waals surface area (Å²) in [5.74, 6) is 2.13. The Balaban J connectivity index is 2.14. The number of halogens is 1. The number of hydrogen-bond acceptors (Lipinski definition) is 4. The van der Waals surface area contributed by atoms with E-state index in [1.54, 1.807) is 21.3 Å². The smallest absolute Gasteiger partial charge is 0.164 e. The molecule has 0 aliphatic carbocycles. The molecule has 2 rings (SSSR count). The normalized spacial score (nSPS) is 11.9. The van der Waals surface area contributed by atoms with Gasteiger partial charge in [0.25, 0.3) is 0 Å². The van der Waals surface area contributed by atoms with E-state index in [1.807, 2.05) is 24.3 Å². The van der Waals surface area contributed by atoms with Crippen molar-refractivity contribution < 1.29 is 14.2 Å². The highest BCUT2D eigenvalue weighted by Crippen LogP contribution is 2.34. The molecule has 5 heteroatoms. The Morgan fingerprint density at radius 3 is 2.04 bits per heavy atom. The molecule has 0 spiro atoms.